The van der Waals surface area contributed by atoms with Crippen LogP contribution in [0.1, 0.15) is 87.1 Å². The first-order valence-corrected chi connectivity index (χ1v) is 17.4. The van der Waals surface area contributed by atoms with Crippen molar-refractivity contribution in [1.82, 2.24) is 24.9 Å². The Morgan fingerprint density at radius 1 is 1.12 bits per heavy atom. The number of benzene rings is 1. The van der Waals surface area contributed by atoms with Crippen LogP contribution in [-0.4, -0.2) is 65.9 Å². The summed E-state index contributed by atoms with van der Waals surface area (Å²) in [6, 6.07) is 5.66. The molecule has 0 saturated carbocycles. The Balaban J connectivity index is 1.19. The Morgan fingerprint density at radius 2 is 1.86 bits per heavy atom. The van der Waals surface area contributed by atoms with Crippen molar-refractivity contribution in [2.45, 2.75) is 83.7 Å². The zero-order chi connectivity index (χ0) is 30.0. The van der Waals surface area contributed by atoms with Gasteiger partial charge in [0.15, 0.2) is 0 Å². The van der Waals surface area contributed by atoms with Crippen molar-refractivity contribution < 1.29 is 18.0 Å². The van der Waals surface area contributed by atoms with E-state index in [1.165, 1.54) is 30.0 Å². The van der Waals surface area contributed by atoms with E-state index < -0.39 is 10.0 Å². The van der Waals surface area contributed by atoms with E-state index in [-0.39, 0.29) is 30.2 Å². The molecule has 1 aromatic carbocycles. The Kier molecular flexibility index (Phi) is 12.0. The number of sulfonamides is 1. The Morgan fingerprint density at radius 3 is 2.62 bits per heavy atom. The standard InChI is InChI=1S/C29H42BrN7O4S/c1-2-3-4-5-6-7-8-12-25(38)31-15-18-42(40,41)37-16-13-22(14-17-37)34-29-33-20-23(30)27(36-29)35-24-11-9-10-21-19-32-28(39)26(21)24/h9-11,20,22H,2-8,12-19H2,1H3,(H,31,38)(H,32,39)(H2,33,34,35,36). The van der Waals surface area contributed by atoms with Gasteiger partial charge in [-0.3, -0.25) is 9.59 Å². The number of nitrogens with zero attached hydrogens (tertiary/aromatic N) is 3. The summed E-state index contributed by atoms with van der Waals surface area (Å²) in [5.41, 5.74) is 2.21. The summed E-state index contributed by atoms with van der Waals surface area (Å²) < 4.78 is 27.9. The van der Waals surface area contributed by atoms with Gasteiger partial charge in [0.2, 0.25) is 21.9 Å². The van der Waals surface area contributed by atoms with E-state index in [0.717, 1.165) is 24.8 Å². The van der Waals surface area contributed by atoms with Gasteiger partial charge in [0.1, 0.15) is 5.82 Å². The van der Waals surface area contributed by atoms with Crippen LogP contribution in [0.5, 0.6) is 0 Å². The molecule has 4 rings (SSSR count). The fourth-order valence-electron chi connectivity index (χ4n) is 5.28. The molecule has 0 radical (unpaired) electrons. The van der Waals surface area contributed by atoms with Crippen molar-refractivity contribution in [3.05, 3.63) is 40.0 Å². The summed E-state index contributed by atoms with van der Waals surface area (Å²) in [5, 5.41) is 12.2. The second kappa shape index (κ2) is 15.6. The average Bonchev–Trinajstić information content (AvgIpc) is 3.36. The van der Waals surface area contributed by atoms with E-state index in [2.05, 4.69) is 54.1 Å². The number of amides is 2. The zero-order valence-corrected chi connectivity index (χ0v) is 26.7. The molecular formula is C29H42BrN7O4S. The molecule has 4 N–H and O–H groups in total. The maximum absolute atomic E-state index is 12.9. The lowest BCUT2D eigenvalue weighted by Crippen LogP contribution is -2.45. The summed E-state index contributed by atoms with van der Waals surface area (Å²) in [5.74, 6) is 0.645. The molecule has 0 atom stereocenters. The third kappa shape index (κ3) is 9.11. The van der Waals surface area contributed by atoms with Crippen LogP contribution in [0.4, 0.5) is 17.5 Å². The molecule has 1 saturated heterocycles. The van der Waals surface area contributed by atoms with Gasteiger partial charge in [-0.2, -0.15) is 4.98 Å². The molecule has 2 amide bonds. The SMILES string of the molecule is CCCCCCCCCC(=O)NCCS(=O)(=O)N1CCC(Nc2ncc(Br)c(Nc3cccc4c3C(=O)NC4)n2)CC1. The number of piperidine rings is 1. The van der Waals surface area contributed by atoms with Gasteiger partial charge in [-0.25, -0.2) is 17.7 Å². The number of hydrogen-bond donors (Lipinski definition) is 4. The predicted molar refractivity (Wildman–Crippen MR) is 168 cm³/mol. The molecule has 3 heterocycles. The summed E-state index contributed by atoms with van der Waals surface area (Å²) in [4.78, 5) is 33.4. The highest BCUT2D eigenvalue weighted by Crippen LogP contribution is 2.30. The number of aromatic nitrogens is 2. The van der Waals surface area contributed by atoms with Crippen LogP contribution < -0.4 is 21.3 Å². The maximum Gasteiger partial charge on any atom is 0.254 e. The Labute approximate surface area is 257 Å². The molecule has 2 aromatic rings. The highest BCUT2D eigenvalue weighted by molar-refractivity contribution is 9.10. The summed E-state index contributed by atoms with van der Waals surface area (Å²) >= 11 is 3.48. The molecular weight excluding hydrogens is 622 g/mol. The second-order valence-corrected chi connectivity index (χ2v) is 13.8. The highest BCUT2D eigenvalue weighted by atomic mass is 79.9. The Hall–Kier alpha value is -2.77. The minimum Gasteiger partial charge on any atom is -0.355 e. The molecule has 11 nitrogen and oxygen atoms in total. The Bertz CT molecular complexity index is 1330. The smallest absolute Gasteiger partial charge is 0.254 e. The van der Waals surface area contributed by atoms with Crippen LogP contribution in [0, 0.1) is 0 Å². The van der Waals surface area contributed by atoms with Crippen LogP contribution in [0.15, 0.2) is 28.9 Å². The van der Waals surface area contributed by atoms with E-state index in [4.69, 9.17) is 0 Å². The largest absolute Gasteiger partial charge is 0.355 e. The van der Waals surface area contributed by atoms with Crippen LogP contribution in [0.25, 0.3) is 0 Å². The van der Waals surface area contributed by atoms with Crippen LogP contribution in [-0.2, 0) is 21.4 Å². The van der Waals surface area contributed by atoms with E-state index in [1.54, 1.807) is 6.20 Å². The van der Waals surface area contributed by atoms with Crippen LogP contribution in [0.2, 0.25) is 0 Å². The number of anilines is 3. The molecule has 230 valence electrons. The number of unbranched alkanes of at least 4 members (excludes halogenated alkanes) is 6. The number of fused-ring (bicyclic) bond motifs is 1. The van der Waals surface area contributed by atoms with Gasteiger partial charge in [-0.05, 0) is 46.8 Å². The van der Waals surface area contributed by atoms with Gasteiger partial charge < -0.3 is 21.3 Å². The molecule has 0 aliphatic carbocycles. The number of hydrogen-bond acceptors (Lipinski definition) is 8. The minimum absolute atomic E-state index is 0.0129. The molecule has 1 aromatic heterocycles. The zero-order valence-electron chi connectivity index (χ0n) is 24.3. The summed E-state index contributed by atoms with van der Waals surface area (Å²) in [6.45, 7) is 3.60. The van der Waals surface area contributed by atoms with Gasteiger partial charge in [-0.1, -0.05) is 57.6 Å². The molecule has 0 unspecified atom stereocenters. The van der Waals surface area contributed by atoms with Crippen molar-refractivity contribution in [3.8, 4) is 0 Å². The monoisotopic (exact) mass is 663 g/mol. The minimum atomic E-state index is -3.46. The molecule has 2 aliphatic rings. The lowest BCUT2D eigenvalue weighted by molar-refractivity contribution is -0.121. The van der Waals surface area contributed by atoms with Gasteiger partial charge in [0, 0.05) is 44.8 Å². The van der Waals surface area contributed by atoms with Crippen molar-refractivity contribution in [3.63, 3.8) is 0 Å². The highest BCUT2D eigenvalue weighted by Gasteiger charge is 2.28. The number of carbonyl (C=O) groups is 2. The summed E-state index contributed by atoms with van der Waals surface area (Å²) in [6.07, 6.45) is 11.3. The quantitative estimate of drug-likeness (QED) is 0.189. The van der Waals surface area contributed by atoms with Gasteiger partial charge in [0.25, 0.3) is 5.91 Å². The van der Waals surface area contributed by atoms with Crippen molar-refractivity contribution in [2.75, 3.05) is 36.0 Å². The predicted octanol–water partition coefficient (Wildman–Crippen LogP) is 4.69. The number of nitrogens with one attached hydrogen (secondary N) is 4. The average molecular weight is 665 g/mol. The molecule has 0 bridgehead atoms. The van der Waals surface area contributed by atoms with E-state index >= 15 is 0 Å². The van der Waals surface area contributed by atoms with Gasteiger partial charge in [0.05, 0.1) is 21.5 Å². The van der Waals surface area contributed by atoms with Crippen molar-refractivity contribution in [2.24, 2.45) is 0 Å². The topological polar surface area (TPSA) is 145 Å². The normalized spacial score (nSPS) is 15.7. The molecule has 2 aliphatic heterocycles. The fraction of sp³-hybridized carbons (Fsp3) is 0.586. The first-order valence-electron chi connectivity index (χ1n) is 15.0. The van der Waals surface area contributed by atoms with Crippen LogP contribution >= 0.6 is 15.9 Å². The number of halogens is 1. The molecule has 1 fully saturated rings. The first kappa shape index (κ1) is 32.2. The summed E-state index contributed by atoms with van der Waals surface area (Å²) in [7, 11) is -3.46. The fourth-order valence-corrected chi connectivity index (χ4v) is 6.95. The number of carbonyl (C=O) groups excluding carboxylic acids is 2. The van der Waals surface area contributed by atoms with Crippen LogP contribution in [0.3, 0.4) is 0 Å². The van der Waals surface area contributed by atoms with Gasteiger partial charge in [-0.15, -0.1) is 0 Å². The third-order valence-electron chi connectivity index (χ3n) is 7.68. The van der Waals surface area contributed by atoms with E-state index in [1.807, 2.05) is 18.2 Å². The van der Waals surface area contributed by atoms with E-state index in [9.17, 15) is 18.0 Å². The van der Waals surface area contributed by atoms with Gasteiger partial charge >= 0.3 is 0 Å². The number of rotatable bonds is 16. The maximum atomic E-state index is 12.9. The lowest BCUT2D eigenvalue weighted by Gasteiger charge is -2.31. The van der Waals surface area contributed by atoms with Crippen molar-refractivity contribution in [1.29, 1.82) is 0 Å². The molecule has 13 heteroatoms. The first-order chi connectivity index (χ1) is 20.3. The lowest BCUT2D eigenvalue weighted by atomic mass is 10.1. The van der Waals surface area contributed by atoms with Crippen molar-refractivity contribution >= 4 is 55.2 Å². The third-order valence-corrected chi connectivity index (χ3v) is 10.1. The molecule has 42 heavy (non-hydrogen) atoms. The molecule has 0 spiro atoms. The second-order valence-electron chi connectivity index (χ2n) is 10.9. The van der Waals surface area contributed by atoms with E-state index in [0.29, 0.717) is 66.4 Å².